The molecule has 0 atom stereocenters. The van der Waals surface area contributed by atoms with Gasteiger partial charge < -0.3 is 20.3 Å². The zero-order valence-corrected chi connectivity index (χ0v) is 24.9. The van der Waals surface area contributed by atoms with Crippen LogP contribution >= 0.6 is 10.8 Å². The van der Waals surface area contributed by atoms with E-state index >= 15 is 0 Å². The maximum Gasteiger partial charge on any atom is 0.407 e. The van der Waals surface area contributed by atoms with E-state index < -0.39 is 40.7 Å². The van der Waals surface area contributed by atoms with Gasteiger partial charge in [-0.1, -0.05) is 0 Å². The molecule has 0 aliphatic carbocycles. The molecule has 0 radical (unpaired) electrons. The van der Waals surface area contributed by atoms with Crippen molar-refractivity contribution in [3.63, 3.8) is 0 Å². The van der Waals surface area contributed by atoms with E-state index in [4.69, 9.17) is 5.10 Å². The molecule has 0 bridgehead atoms. The van der Waals surface area contributed by atoms with Crippen molar-refractivity contribution in [3.05, 3.63) is 46.4 Å². The Kier molecular flexibility index (Phi) is 7.98. The van der Waals surface area contributed by atoms with Gasteiger partial charge in [-0.2, -0.15) is 27.8 Å². The van der Waals surface area contributed by atoms with Crippen LogP contribution in [-0.4, -0.2) is 94.1 Å². The van der Waals surface area contributed by atoms with Gasteiger partial charge in [0.25, 0.3) is 5.56 Å². The summed E-state index contributed by atoms with van der Waals surface area (Å²) < 4.78 is 64.1. The zero-order valence-electron chi connectivity index (χ0n) is 24.1. The lowest BCUT2D eigenvalue weighted by atomic mass is 9.85. The van der Waals surface area contributed by atoms with Gasteiger partial charge in [-0.3, -0.25) is 23.5 Å². The van der Waals surface area contributed by atoms with Crippen molar-refractivity contribution in [2.75, 3.05) is 38.0 Å². The minimum Gasteiger partial charge on any atom is -0.465 e. The number of benzene rings is 1. The lowest BCUT2D eigenvalue weighted by Crippen LogP contribution is -2.48. The monoisotopic (exact) mass is 650 g/mol. The Morgan fingerprint density at radius 1 is 1.18 bits per heavy atom. The van der Waals surface area contributed by atoms with Crippen LogP contribution in [0, 0.1) is 11.3 Å². The molecule has 0 unspecified atom stereocenters. The number of fused-ring (bicyclic) bond motifs is 2. The second-order valence-electron chi connectivity index (χ2n) is 11.8. The number of likely N-dealkylation sites (tertiary alicyclic amines) is 2. The van der Waals surface area contributed by atoms with Gasteiger partial charge in [0.05, 0.1) is 35.0 Å². The number of hydrogen-bond acceptors (Lipinski definition) is 9. The summed E-state index contributed by atoms with van der Waals surface area (Å²) in [6.07, 6.45) is -2.38. The number of nitriles is 1. The van der Waals surface area contributed by atoms with E-state index in [1.165, 1.54) is 16.0 Å². The fourth-order valence-electron chi connectivity index (χ4n) is 6.78. The van der Waals surface area contributed by atoms with Crippen molar-refractivity contribution in [1.29, 1.82) is 5.26 Å². The summed E-state index contributed by atoms with van der Waals surface area (Å²) in [5.74, 6) is 0.225. The number of aromatic amines is 1. The molecule has 0 saturated carbocycles. The molecule has 3 aliphatic rings. The average Bonchev–Trinajstić information content (AvgIpc) is 3.48. The van der Waals surface area contributed by atoms with Crippen LogP contribution < -0.4 is 10.9 Å². The maximum absolute atomic E-state index is 13.0. The summed E-state index contributed by atoms with van der Waals surface area (Å²) in [7, 11) is -3.35. The van der Waals surface area contributed by atoms with Gasteiger partial charge in [0.2, 0.25) is 0 Å². The molecule has 13 nitrogen and oxygen atoms in total. The van der Waals surface area contributed by atoms with Crippen molar-refractivity contribution in [1.82, 2.24) is 28.9 Å². The number of carbonyl (C=O) groups is 1. The molecule has 17 heteroatoms. The van der Waals surface area contributed by atoms with E-state index in [1.807, 2.05) is 0 Å². The van der Waals surface area contributed by atoms with Gasteiger partial charge in [-0.05, 0) is 55.5 Å². The van der Waals surface area contributed by atoms with Gasteiger partial charge in [0.15, 0.2) is 5.82 Å². The minimum atomic E-state index is -4.29. The minimum absolute atomic E-state index is 0.0607. The van der Waals surface area contributed by atoms with Gasteiger partial charge in [0, 0.05) is 50.6 Å². The summed E-state index contributed by atoms with van der Waals surface area (Å²) in [4.78, 5) is 30.2. The third kappa shape index (κ3) is 5.84. The van der Waals surface area contributed by atoms with Crippen LogP contribution in [0.4, 0.5) is 29.5 Å². The summed E-state index contributed by atoms with van der Waals surface area (Å²) in [5, 5.41) is 27.3. The topological polar surface area (TPSA) is 174 Å². The highest BCUT2D eigenvalue weighted by molar-refractivity contribution is 8.22. The lowest BCUT2D eigenvalue weighted by molar-refractivity contribution is -0.148. The Labute approximate surface area is 257 Å². The predicted octanol–water partition coefficient (Wildman–Crippen LogP) is 4.72. The van der Waals surface area contributed by atoms with Crippen LogP contribution in [0.3, 0.4) is 0 Å². The highest BCUT2D eigenvalue weighted by Gasteiger charge is 2.43. The first kappa shape index (κ1) is 31.2. The summed E-state index contributed by atoms with van der Waals surface area (Å²) in [6, 6.07) is 8.56. The highest BCUT2D eigenvalue weighted by Crippen LogP contribution is 2.60. The standard InChI is InChI=1S/C28H33F3N8O5S/c29-28(30,31)17-36-11-4-20(5-12-36)38-16-18-15-19(1-2-22(18)45(38,43)44)34-24-23-21(3-10-33-25(23)40)39(35-24)27(6-9-32)7-13-37(14-8-27)26(41)42/h1-3,10,15,20,43-44H,4-8,11-14,16-17H2,(H,33,40)(H,34,35)(H,41,42). The molecule has 2 fully saturated rings. The first-order valence-electron chi connectivity index (χ1n) is 14.5. The number of pyridine rings is 1. The van der Waals surface area contributed by atoms with Gasteiger partial charge in [0.1, 0.15) is 5.39 Å². The van der Waals surface area contributed by atoms with Crippen LogP contribution in [0.1, 0.15) is 37.7 Å². The van der Waals surface area contributed by atoms with Crippen molar-refractivity contribution < 1.29 is 32.2 Å². The molecule has 0 spiro atoms. The third-order valence-electron chi connectivity index (χ3n) is 9.06. The van der Waals surface area contributed by atoms with E-state index in [0.29, 0.717) is 47.3 Å². The molecule has 3 aliphatic heterocycles. The number of nitrogens with zero attached hydrogens (tertiary/aromatic N) is 6. The summed E-state index contributed by atoms with van der Waals surface area (Å²) >= 11 is 0. The number of halogens is 3. The number of nitrogens with one attached hydrogen (secondary N) is 2. The molecule has 1 aromatic carbocycles. The Balaban J connectivity index is 1.26. The smallest absolute Gasteiger partial charge is 0.407 e. The number of piperidine rings is 2. The number of carboxylic acid groups (broad SMARTS) is 1. The molecule has 2 aromatic heterocycles. The van der Waals surface area contributed by atoms with Crippen LogP contribution in [0.2, 0.25) is 0 Å². The molecule has 6 rings (SSSR count). The number of aromatic nitrogens is 3. The van der Waals surface area contributed by atoms with Crippen LogP contribution in [0.25, 0.3) is 10.9 Å². The van der Waals surface area contributed by atoms with Crippen LogP contribution in [0.15, 0.2) is 40.2 Å². The Bertz CT molecular complexity index is 1700. The Morgan fingerprint density at radius 2 is 1.89 bits per heavy atom. The normalized spacial score (nSPS) is 21.4. The van der Waals surface area contributed by atoms with Crippen molar-refractivity contribution in [3.8, 4) is 6.07 Å². The molecule has 45 heavy (non-hydrogen) atoms. The zero-order chi connectivity index (χ0) is 32.1. The molecule has 3 aromatic rings. The fraction of sp³-hybridized carbons (Fsp3) is 0.500. The number of rotatable bonds is 6. The molecule has 5 heterocycles. The number of alkyl halides is 3. The molecule has 5 N–H and O–H groups in total. The molecule has 242 valence electrons. The summed E-state index contributed by atoms with van der Waals surface area (Å²) in [6.45, 7) is 0.0183. The molecule has 2 saturated heterocycles. The fourth-order valence-corrected chi connectivity index (χ4v) is 8.70. The van der Waals surface area contributed by atoms with E-state index in [-0.39, 0.29) is 56.4 Å². The predicted molar refractivity (Wildman–Crippen MR) is 159 cm³/mol. The quantitative estimate of drug-likeness (QED) is 0.251. The molecular weight excluding hydrogens is 617 g/mol. The van der Waals surface area contributed by atoms with Crippen molar-refractivity contribution in [2.24, 2.45) is 0 Å². The average molecular weight is 651 g/mol. The number of hydrogen-bond donors (Lipinski definition) is 5. The number of anilines is 2. The third-order valence-corrected chi connectivity index (χ3v) is 11.1. The van der Waals surface area contributed by atoms with Crippen LogP contribution in [-0.2, 0) is 12.1 Å². The summed E-state index contributed by atoms with van der Waals surface area (Å²) in [5.41, 5.74) is 0.402. The van der Waals surface area contributed by atoms with E-state index in [1.54, 1.807) is 33.3 Å². The first-order valence-corrected chi connectivity index (χ1v) is 16.0. The van der Waals surface area contributed by atoms with Crippen molar-refractivity contribution in [2.45, 2.75) is 61.3 Å². The number of amides is 1. The first-order chi connectivity index (χ1) is 21.3. The van der Waals surface area contributed by atoms with Gasteiger partial charge in [-0.25, -0.2) is 4.79 Å². The van der Waals surface area contributed by atoms with E-state index in [2.05, 4.69) is 16.4 Å². The lowest BCUT2D eigenvalue weighted by Gasteiger charge is -2.45. The second-order valence-corrected chi connectivity index (χ2v) is 13.8. The van der Waals surface area contributed by atoms with Crippen LogP contribution in [0.5, 0.6) is 0 Å². The largest absolute Gasteiger partial charge is 0.465 e. The Morgan fingerprint density at radius 3 is 2.53 bits per heavy atom. The molecular formula is C28H33F3N8O5S. The molecule has 1 amide bonds. The number of H-pyrrole nitrogens is 1. The van der Waals surface area contributed by atoms with E-state index in [0.717, 1.165) is 0 Å². The van der Waals surface area contributed by atoms with Gasteiger partial charge in [-0.15, -0.1) is 10.8 Å². The van der Waals surface area contributed by atoms with Gasteiger partial charge >= 0.3 is 12.3 Å². The highest BCUT2D eigenvalue weighted by atomic mass is 32.3. The maximum atomic E-state index is 13.0. The SMILES string of the molecule is N#CCC1(n2nc(Nc3ccc4c(c3)CN(C3CCN(CC(F)(F)F)CC3)S4(O)O)c3c(=O)[nH]ccc32)CCN(C(=O)O)CC1. The second kappa shape index (κ2) is 11.5. The van der Waals surface area contributed by atoms with E-state index in [9.17, 15) is 42.2 Å². The Hall–Kier alpha value is -3.82. The van der Waals surface area contributed by atoms with Crippen molar-refractivity contribution >= 4 is 39.3 Å².